The van der Waals surface area contributed by atoms with Crippen molar-refractivity contribution < 1.29 is 19.4 Å². The molecule has 0 spiro atoms. The van der Waals surface area contributed by atoms with Gasteiger partial charge in [0.2, 0.25) is 0 Å². The average Bonchev–Trinajstić information content (AvgIpc) is 2.67. The molecule has 0 saturated heterocycles. The Balaban J connectivity index is 2.05. The van der Waals surface area contributed by atoms with Crippen LogP contribution in [0.15, 0.2) is 53.4 Å². The van der Waals surface area contributed by atoms with Crippen molar-refractivity contribution in [2.75, 3.05) is 6.61 Å². The number of hydrogen-bond acceptors (Lipinski definition) is 4. The summed E-state index contributed by atoms with van der Waals surface area (Å²) in [5.41, 5.74) is 2.54. The molecule has 144 valence electrons. The van der Waals surface area contributed by atoms with Gasteiger partial charge >= 0.3 is 5.97 Å². The van der Waals surface area contributed by atoms with Gasteiger partial charge in [0.1, 0.15) is 5.25 Å². The molecule has 2 aromatic carbocycles. The third-order valence-corrected chi connectivity index (χ3v) is 5.11. The summed E-state index contributed by atoms with van der Waals surface area (Å²) in [6.07, 6.45) is 0.960. The fraction of sp³-hybridized carbons (Fsp3) is 0.333. The molecule has 0 heterocycles. The molecule has 2 rings (SSSR count). The molecular weight excluding hydrogens is 362 g/mol. The number of carbonyl (C=O) groups is 2. The van der Waals surface area contributed by atoms with E-state index in [-0.39, 0.29) is 5.91 Å². The number of thioether (sulfide) groups is 1. The number of amides is 1. The van der Waals surface area contributed by atoms with Crippen molar-refractivity contribution in [3.05, 3.63) is 65.2 Å². The zero-order chi connectivity index (χ0) is 19.6. The van der Waals surface area contributed by atoms with Crippen LogP contribution in [-0.4, -0.2) is 28.8 Å². The highest BCUT2D eigenvalue weighted by atomic mass is 32.2. The van der Waals surface area contributed by atoms with Crippen LogP contribution in [0.3, 0.4) is 0 Å². The molecule has 0 bridgehead atoms. The maximum absolute atomic E-state index is 12.7. The minimum atomic E-state index is -0.906. The summed E-state index contributed by atoms with van der Waals surface area (Å²) in [6.45, 7) is 5.27. The van der Waals surface area contributed by atoms with Crippen molar-refractivity contribution in [2.24, 2.45) is 0 Å². The minimum Gasteiger partial charge on any atom is -0.480 e. The van der Waals surface area contributed by atoms with Gasteiger partial charge in [-0.2, -0.15) is 0 Å². The van der Waals surface area contributed by atoms with Crippen LogP contribution in [0.2, 0.25) is 0 Å². The smallest absolute Gasteiger partial charge is 0.316 e. The molecule has 27 heavy (non-hydrogen) atoms. The Kier molecular flexibility index (Phi) is 8.36. The molecule has 2 aromatic rings. The summed E-state index contributed by atoms with van der Waals surface area (Å²) in [7, 11) is 0. The maximum atomic E-state index is 12.7. The van der Waals surface area contributed by atoms with Crippen LogP contribution in [-0.2, 0) is 22.7 Å². The zero-order valence-corrected chi connectivity index (χ0v) is 16.4. The van der Waals surface area contributed by atoms with Gasteiger partial charge in [0.25, 0.3) is 5.91 Å². The molecule has 0 fully saturated rings. The highest BCUT2D eigenvalue weighted by Crippen LogP contribution is 2.27. The molecule has 5 nitrogen and oxygen atoms in total. The van der Waals surface area contributed by atoms with Crippen LogP contribution in [0.4, 0.5) is 0 Å². The van der Waals surface area contributed by atoms with Crippen LogP contribution in [0.5, 0.6) is 0 Å². The first-order valence-electron chi connectivity index (χ1n) is 8.94. The van der Waals surface area contributed by atoms with E-state index in [9.17, 15) is 9.59 Å². The average molecular weight is 388 g/mol. The van der Waals surface area contributed by atoms with Crippen molar-refractivity contribution in [3.8, 4) is 0 Å². The number of carboxylic acid groups (broad SMARTS) is 1. The van der Waals surface area contributed by atoms with E-state index in [2.05, 4.69) is 12.2 Å². The first kappa shape index (κ1) is 21.0. The highest BCUT2D eigenvalue weighted by Gasteiger charge is 2.17. The van der Waals surface area contributed by atoms with E-state index in [1.807, 2.05) is 24.3 Å². The van der Waals surface area contributed by atoms with Crippen molar-refractivity contribution in [1.82, 2.24) is 5.32 Å². The van der Waals surface area contributed by atoms with Gasteiger partial charge < -0.3 is 15.2 Å². The van der Waals surface area contributed by atoms with E-state index in [0.717, 1.165) is 29.3 Å². The predicted molar refractivity (Wildman–Crippen MR) is 107 cm³/mol. The van der Waals surface area contributed by atoms with E-state index in [0.29, 0.717) is 30.2 Å². The fourth-order valence-electron chi connectivity index (χ4n) is 2.47. The Morgan fingerprint density at radius 3 is 2.48 bits per heavy atom. The summed E-state index contributed by atoms with van der Waals surface area (Å²) >= 11 is 1.16. The normalized spacial score (nSPS) is 11.8. The molecule has 6 heteroatoms. The molecular formula is C21H25NO4S. The summed E-state index contributed by atoms with van der Waals surface area (Å²) < 4.78 is 5.61. The van der Waals surface area contributed by atoms with Crippen molar-refractivity contribution in [1.29, 1.82) is 0 Å². The first-order valence-corrected chi connectivity index (χ1v) is 9.82. The summed E-state index contributed by atoms with van der Waals surface area (Å²) in [4.78, 5) is 24.4. The molecule has 0 aliphatic carbocycles. The van der Waals surface area contributed by atoms with E-state index < -0.39 is 11.2 Å². The van der Waals surface area contributed by atoms with E-state index in [4.69, 9.17) is 9.84 Å². The first-order chi connectivity index (χ1) is 13.0. The van der Waals surface area contributed by atoms with Crippen LogP contribution in [0.1, 0.15) is 41.8 Å². The summed E-state index contributed by atoms with van der Waals surface area (Å²) in [5, 5.41) is 11.4. The van der Waals surface area contributed by atoms with Crippen molar-refractivity contribution in [3.63, 3.8) is 0 Å². The largest absolute Gasteiger partial charge is 0.480 e. The highest BCUT2D eigenvalue weighted by molar-refractivity contribution is 8.00. The van der Waals surface area contributed by atoms with Gasteiger partial charge in [0.15, 0.2) is 0 Å². The molecule has 0 radical (unpaired) electrons. The third-order valence-electron chi connectivity index (χ3n) is 3.95. The van der Waals surface area contributed by atoms with E-state index >= 15 is 0 Å². The van der Waals surface area contributed by atoms with Crippen LogP contribution in [0, 0.1) is 0 Å². The number of aliphatic carboxylic acids is 1. The number of rotatable bonds is 10. The molecule has 0 aliphatic rings. The van der Waals surface area contributed by atoms with Crippen LogP contribution >= 0.6 is 11.8 Å². The SMILES string of the molecule is CCCOCc1ccccc1CNC(=O)c1ccccc1SC(C)C(=O)O. The fourth-order valence-corrected chi connectivity index (χ4v) is 3.39. The Hall–Kier alpha value is -2.31. The number of benzene rings is 2. The molecule has 1 amide bonds. The number of ether oxygens (including phenoxy) is 1. The van der Waals surface area contributed by atoms with Crippen molar-refractivity contribution in [2.45, 2.75) is 43.6 Å². The second-order valence-corrected chi connectivity index (χ2v) is 7.48. The van der Waals surface area contributed by atoms with Gasteiger partial charge in [-0.15, -0.1) is 11.8 Å². The maximum Gasteiger partial charge on any atom is 0.316 e. The van der Waals surface area contributed by atoms with Gasteiger partial charge in [-0.25, -0.2) is 0 Å². The number of hydrogen-bond donors (Lipinski definition) is 2. The Morgan fingerprint density at radius 1 is 1.11 bits per heavy atom. The summed E-state index contributed by atoms with van der Waals surface area (Å²) in [6, 6.07) is 14.9. The van der Waals surface area contributed by atoms with Gasteiger partial charge in [-0.3, -0.25) is 9.59 Å². The topological polar surface area (TPSA) is 75.6 Å². The van der Waals surface area contributed by atoms with Gasteiger partial charge in [-0.05, 0) is 36.6 Å². The lowest BCUT2D eigenvalue weighted by atomic mass is 10.1. The van der Waals surface area contributed by atoms with Gasteiger partial charge in [-0.1, -0.05) is 43.3 Å². The summed E-state index contributed by atoms with van der Waals surface area (Å²) in [5.74, 6) is -1.13. The quantitative estimate of drug-likeness (QED) is 0.474. The number of carboxylic acids is 1. The molecule has 2 N–H and O–H groups in total. The lowest BCUT2D eigenvalue weighted by molar-refractivity contribution is -0.136. The molecule has 1 unspecified atom stereocenters. The molecule has 0 aromatic heterocycles. The second-order valence-electron chi connectivity index (χ2n) is 6.10. The third kappa shape index (κ3) is 6.41. The van der Waals surface area contributed by atoms with Crippen molar-refractivity contribution >= 4 is 23.6 Å². The standard InChI is InChI=1S/C21H25NO4S/c1-3-12-26-14-17-9-5-4-8-16(17)13-22-20(23)18-10-6-7-11-19(18)27-15(2)21(24)25/h4-11,15H,3,12-14H2,1-2H3,(H,22,23)(H,24,25). The van der Waals surface area contributed by atoms with Gasteiger partial charge in [0.05, 0.1) is 12.2 Å². The minimum absolute atomic E-state index is 0.222. The molecule has 1 atom stereocenters. The number of carbonyl (C=O) groups excluding carboxylic acids is 1. The Bertz CT molecular complexity index is 778. The van der Waals surface area contributed by atoms with Gasteiger partial charge in [0, 0.05) is 18.0 Å². The van der Waals surface area contributed by atoms with Crippen LogP contribution < -0.4 is 5.32 Å². The number of nitrogens with one attached hydrogen (secondary N) is 1. The Labute approximate surface area is 164 Å². The molecule has 0 aliphatic heterocycles. The zero-order valence-electron chi connectivity index (χ0n) is 15.6. The lowest BCUT2D eigenvalue weighted by Crippen LogP contribution is -2.24. The monoisotopic (exact) mass is 387 g/mol. The lowest BCUT2D eigenvalue weighted by Gasteiger charge is -2.13. The van der Waals surface area contributed by atoms with Crippen LogP contribution in [0.25, 0.3) is 0 Å². The van der Waals surface area contributed by atoms with E-state index in [1.165, 1.54) is 0 Å². The van der Waals surface area contributed by atoms with E-state index in [1.54, 1.807) is 31.2 Å². The molecule has 0 saturated carbocycles. The second kappa shape index (κ2) is 10.7. The predicted octanol–water partition coefficient (Wildman–Crippen LogP) is 4.11. The Morgan fingerprint density at radius 2 is 1.78 bits per heavy atom.